The van der Waals surface area contributed by atoms with Gasteiger partial charge in [-0.05, 0) is 37.5 Å². The van der Waals surface area contributed by atoms with Gasteiger partial charge in [0.1, 0.15) is 0 Å². The number of ether oxygens (including phenoxy) is 1. The maximum absolute atomic E-state index is 12.9. The first-order valence-corrected chi connectivity index (χ1v) is 8.70. The average Bonchev–Trinajstić information content (AvgIpc) is 2.75. The maximum Gasteiger partial charge on any atom is 0.409 e. The average molecular weight is 326 g/mol. The summed E-state index contributed by atoms with van der Waals surface area (Å²) in [5.74, 6) is 0. The van der Waals surface area contributed by atoms with Crippen LogP contribution in [0.2, 0.25) is 0 Å². The van der Waals surface area contributed by atoms with Crippen LogP contribution in [0.15, 0.2) is 23.1 Å². The van der Waals surface area contributed by atoms with Crippen molar-refractivity contribution in [2.45, 2.75) is 25.2 Å². The Hall–Kier alpha value is -1.60. The SMILES string of the molecule is COC(=O)N1CCCN(S(=O)(=O)c2cc(C)ccc2C)CC1. The van der Waals surface area contributed by atoms with Gasteiger partial charge in [0.15, 0.2) is 0 Å². The van der Waals surface area contributed by atoms with E-state index in [4.69, 9.17) is 4.74 Å². The van der Waals surface area contributed by atoms with Gasteiger partial charge in [0, 0.05) is 26.2 Å². The molecule has 1 aliphatic heterocycles. The summed E-state index contributed by atoms with van der Waals surface area (Å²) in [6.07, 6.45) is 0.185. The molecule has 1 aromatic carbocycles. The predicted octanol–water partition coefficient (Wildman–Crippen LogP) is 1.77. The number of carbonyl (C=O) groups excluding carboxylic acids is 1. The lowest BCUT2D eigenvalue weighted by molar-refractivity contribution is 0.126. The fraction of sp³-hybridized carbons (Fsp3) is 0.533. The molecule has 2 rings (SSSR count). The molecule has 22 heavy (non-hydrogen) atoms. The molecule has 1 saturated heterocycles. The van der Waals surface area contributed by atoms with E-state index in [2.05, 4.69) is 0 Å². The zero-order chi connectivity index (χ0) is 16.3. The molecule has 1 aliphatic rings. The number of amides is 1. The quantitative estimate of drug-likeness (QED) is 0.831. The van der Waals surface area contributed by atoms with Crippen LogP contribution in [-0.4, -0.2) is 57.0 Å². The Bertz CT molecular complexity index is 658. The Morgan fingerprint density at radius 2 is 1.86 bits per heavy atom. The lowest BCUT2D eigenvalue weighted by atomic mass is 10.2. The smallest absolute Gasteiger partial charge is 0.409 e. The first kappa shape index (κ1) is 16.8. The molecular formula is C15H22N2O4S. The summed E-state index contributed by atoms with van der Waals surface area (Å²) in [6.45, 7) is 5.21. The third kappa shape index (κ3) is 3.41. The van der Waals surface area contributed by atoms with Crippen LogP contribution >= 0.6 is 0 Å². The number of benzene rings is 1. The van der Waals surface area contributed by atoms with Crippen LogP contribution in [0.3, 0.4) is 0 Å². The van der Waals surface area contributed by atoms with Gasteiger partial charge in [-0.25, -0.2) is 13.2 Å². The highest BCUT2D eigenvalue weighted by Gasteiger charge is 2.29. The Morgan fingerprint density at radius 1 is 1.14 bits per heavy atom. The van der Waals surface area contributed by atoms with Crippen LogP contribution in [-0.2, 0) is 14.8 Å². The van der Waals surface area contributed by atoms with Gasteiger partial charge in [-0.2, -0.15) is 4.31 Å². The summed E-state index contributed by atoms with van der Waals surface area (Å²) in [5.41, 5.74) is 1.65. The van der Waals surface area contributed by atoms with E-state index in [1.165, 1.54) is 11.4 Å². The maximum atomic E-state index is 12.9. The van der Waals surface area contributed by atoms with Crippen LogP contribution in [0, 0.1) is 13.8 Å². The second-order valence-corrected chi connectivity index (χ2v) is 7.39. The monoisotopic (exact) mass is 326 g/mol. The van der Waals surface area contributed by atoms with E-state index in [0.29, 0.717) is 31.0 Å². The molecule has 1 aromatic rings. The van der Waals surface area contributed by atoms with Gasteiger partial charge >= 0.3 is 6.09 Å². The number of nitrogens with zero attached hydrogens (tertiary/aromatic N) is 2. The van der Waals surface area contributed by atoms with E-state index >= 15 is 0 Å². The molecule has 0 atom stereocenters. The number of sulfonamides is 1. The largest absolute Gasteiger partial charge is 0.453 e. The van der Waals surface area contributed by atoms with E-state index in [0.717, 1.165) is 11.1 Å². The molecule has 6 nitrogen and oxygen atoms in total. The lowest BCUT2D eigenvalue weighted by Crippen LogP contribution is -2.37. The van der Waals surface area contributed by atoms with Crippen LogP contribution in [0.4, 0.5) is 4.79 Å². The molecule has 1 fully saturated rings. The third-order valence-electron chi connectivity index (χ3n) is 3.85. The van der Waals surface area contributed by atoms with Crippen molar-refractivity contribution in [2.24, 2.45) is 0 Å². The van der Waals surface area contributed by atoms with E-state index in [-0.39, 0.29) is 6.54 Å². The summed E-state index contributed by atoms with van der Waals surface area (Å²) < 4.78 is 31.9. The van der Waals surface area contributed by atoms with Gasteiger partial charge in [-0.15, -0.1) is 0 Å². The summed E-state index contributed by atoms with van der Waals surface area (Å²) in [4.78, 5) is 13.5. The minimum Gasteiger partial charge on any atom is -0.453 e. The Kier molecular flexibility index (Phi) is 5.08. The summed E-state index contributed by atoms with van der Waals surface area (Å²) >= 11 is 0. The van der Waals surface area contributed by atoms with Crippen LogP contribution in [0.1, 0.15) is 17.5 Å². The van der Waals surface area contributed by atoms with Gasteiger partial charge in [0.25, 0.3) is 0 Å². The lowest BCUT2D eigenvalue weighted by Gasteiger charge is -2.22. The normalized spacial score (nSPS) is 17.1. The highest BCUT2D eigenvalue weighted by molar-refractivity contribution is 7.89. The molecule has 0 radical (unpaired) electrons. The molecule has 0 aliphatic carbocycles. The van der Waals surface area contributed by atoms with Crippen molar-refractivity contribution in [3.05, 3.63) is 29.3 Å². The van der Waals surface area contributed by atoms with Gasteiger partial charge in [-0.3, -0.25) is 0 Å². The van der Waals surface area contributed by atoms with Gasteiger partial charge < -0.3 is 9.64 Å². The number of hydrogen-bond acceptors (Lipinski definition) is 4. The number of carbonyl (C=O) groups is 1. The third-order valence-corrected chi connectivity index (χ3v) is 5.89. The number of aryl methyl sites for hydroxylation is 2. The van der Waals surface area contributed by atoms with Crippen molar-refractivity contribution < 1.29 is 17.9 Å². The standard InChI is InChI=1S/C15H22N2O4S/c1-12-5-6-13(2)14(11-12)22(19,20)17-8-4-7-16(9-10-17)15(18)21-3/h5-6,11H,4,7-10H2,1-3H3. The number of hydrogen-bond donors (Lipinski definition) is 0. The Labute approximate surface area is 131 Å². The van der Waals surface area contributed by atoms with Crippen molar-refractivity contribution in [2.75, 3.05) is 33.3 Å². The Balaban J connectivity index is 2.23. The molecule has 0 aromatic heterocycles. The first-order chi connectivity index (χ1) is 10.4. The summed E-state index contributed by atoms with van der Waals surface area (Å²) in [6, 6.07) is 5.42. The number of methoxy groups -OCH3 is 1. The topological polar surface area (TPSA) is 66.9 Å². The molecular weight excluding hydrogens is 304 g/mol. The second kappa shape index (κ2) is 6.66. The molecule has 0 N–H and O–H groups in total. The van der Waals surface area contributed by atoms with Crippen LogP contribution in [0.5, 0.6) is 0 Å². The van der Waals surface area contributed by atoms with E-state index < -0.39 is 16.1 Å². The second-order valence-electron chi connectivity index (χ2n) is 5.48. The van der Waals surface area contributed by atoms with Crippen molar-refractivity contribution in [3.63, 3.8) is 0 Å². The van der Waals surface area contributed by atoms with Crippen LogP contribution < -0.4 is 0 Å². The molecule has 0 unspecified atom stereocenters. The molecule has 122 valence electrons. The first-order valence-electron chi connectivity index (χ1n) is 7.26. The fourth-order valence-corrected chi connectivity index (χ4v) is 4.35. The number of rotatable bonds is 2. The molecule has 1 heterocycles. The molecule has 0 bridgehead atoms. The van der Waals surface area contributed by atoms with Crippen molar-refractivity contribution in [3.8, 4) is 0 Å². The van der Waals surface area contributed by atoms with E-state index in [1.54, 1.807) is 17.9 Å². The predicted molar refractivity (Wildman–Crippen MR) is 83.3 cm³/mol. The minimum atomic E-state index is -3.54. The van der Waals surface area contributed by atoms with Crippen molar-refractivity contribution >= 4 is 16.1 Å². The van der Waals surface area contributed by atoms with Crippen LogP contribution in [0.25, 0.3) is 0 Å². The van der Waals surface area contributed by atoms with Crippen molar-refractivity contribution in [1.82, 2.24) is 9.21 Å². The molecule has 1 amide bonds. The molecule has 0 saturated carbocycles. The van der Waals surface area contributed by atoms with E-state index in [9.17, 15) is 13.2 Å². The summed E-state index contributed by atoms with van der Waals surface area (Å²) in [5, 5.41) is 0. The molecule has 7 heteroatoms. The fourth-order valence-electron chi connectivity index (χ4n) is 2.57. The highest BCUT2D eigenvalue weighted by atomic mass is 32.2. The van der Waals surface area contributed by atoms with Gasteiger partial charge in [0.05, 0.1) is 12.0 Å². The minimum absolute atomic E-state index is 0.283. The summed E-state index contributed by atoms with van der Waals surface area (Å²) in [7, 11) is -2.21. The van der Waals surface area contributed by atoms with Gasteiger partial charge in [-0.1, -0.05) is 12.1 Å². The molecule has 0 spiro atoms. The zero-order valence-corrected chi connectivity index (χ0v) is 14.0. The highest BCUT2D eigenvalue weighted by Crippen LogP contribution is 2.22. The van der Waals surface area contributed by atoms with Gasteiger partial charge in [0.2, 0.25) is 10.0 Å². The zero-order valence-electron chi connectivity index (χ0n) is 13.2. The van der Waals surface area contributed by atoms with Crippen molar-refractivity contribution in [1.29, 1.82) is 0 Å². The van der Waals surface area contributed by atoms with E-state index in [1.807, 2.05) is 19.1 Å². The Morgan fingerprint density at radius 3 is 2.55 bits per heavy atom.